The summed E-state index contributed by atoms with van der Waals surface area (Å²) in [6.07, 6.45) is 1.17. The van der Waals surface area contributed by atoms with E-state index in [4.69, 9.17) is 0 Å². The fourth-order valence-electron chi connectivity index (χ4n) is 2.71. The van der Waals surface area contributed by atoms with Crippen LogP contribution in [0.15, 0.2) is 60.7 Å². The van der Waals surface area contributed by atoms with Gasteiger partial charge in [-0.2, -0.15) is 0 Å². The van der Waals surface area contributed by atoms with Gasteiger partial charge in [0.05, 0.1) is 0 Å². The van der Waals surface area contributed by atoms with Crippen LogP contribution in [0.2, 0.25) is 0 Å². The monoisotopic (exact) mass is 324 g/mol. The minimum atomic E-state index is -0.629. The molecule has 4 nitrogen and oxygen atoms in total. The van der Waals surface area contributed by atoms with Gasteiger partial charge in [-0.25, -0.2) is 0 Å². The first-order valence-electron chi connectivity index (χ1n) is 8.27. The molecule has 0 aliphatic carbocycles. The van der Waals surface area contributed by atoms with Crippen LogP contribution in [-0.4, -0.2) is 23.8 Å². The lowest BCUT2D eigenvalue weighted by Crippen LogP contribution is -2.42. The summed E-state index contributed by atoms with van der Waals surface area (Å²) in [5, 5.41) is 2.69. The minimum Gasteiger partial charge on any atom is -0.357 e. The number of amides is 2. The van der Waals surface area contributed by atoms with Crippen molar-refractivity contribution in [1.29, 1.82) is 0 Å². The van der Waals surface area contributed by atoms with Crippen LogP contribution in [0.1, 0.15) is 36.9 Å². The quantitative estimate of drug-likeness (QED) is 0.849. The van der Waals surface area contributed by atoms with Gasteiger partial charge in [-0.15, -0.1) is 0 Å². The molecule has 1 atom stereocenters. The van der Waals surface area contributed by atoms with E-state index in [-0.39, 0.29) is 11.8 Å². The van der Waals surface area contributed by atoms with Crippen LogP contribution >= 0.6 is 0 Å². The van der Waals surface area contributed by atoms with Gasteiger partial charge in [0, 0.05) is 20.0 Å². The van der Waals surface area contributed by atoms with E-state index in [1.165, 1.54) is 0 Å². The Bertz CT molecular complexity index is 656. The zero-order chi connectivity index (χ0) is 17.4. The van der Waals surface area contributed by atoms with Crippen molar-refractivity contribution in [2.24, 2.45) is 0 Å². The molecule has 0 bridgehead atoms. The molecule has 126 valence electrons. The van der Waals surface area contributed by atoms with Gasteiger partial charge in [-0.3, -0.25) is 9.59 Å². The summed E-state index contributed by atoms with van der Waals surface area (Å²) in [6, 6.07) is 18.6. The molecule has 1 unspecified atom stereocenters. The number of carbonyl (C=O) groups excluding carboxylic acids is 2. The van der Waals surface area contributed by atoms with E-state index in [9.17, 15) is 9.59 Å². The van der Waals surface area contributed by atoms with Crippen molar-refractivity contribution < 1.29 is 9.59 Å². The molecule has 4 heteroatoms. The molecule has 0 saturated heterocycles. The van der Waals surface area contributed by atoms with E-state index in [0.717, 1.165) is 17.5 Å². The molecule has 0 aliphatic rings. The second-order valence-electron chi connectivity index (χ2n) is 5.68. The Morgan fingerprint density at radius 1 is 1.00 bits per heavy atom. The van der Waals surface area contributed by atoms with Gasteiger partial charge in [0.15, 0.2) is 0 Å². The third-order valence-corrected chi connectivity index (χ3v) is 3.90. The van der Waals surface area contributed by atoms with Crippen molar-refractivity contribution in [1.82, 2.24) is 10.2 Å². The van der Waals surface area contributed by atoms with Crippen molar-refractivity contribution in [3.05, 3.63) is 71.8 Å². The molecule has 2 aromatic carbocycles. The van der Waals surface area contributed by atoms with Crippen LogP contribution < -0.4 is 5.32 Å². The topological polar surface area (TPSA) is 49.4 Å². The van der Waals surface area contributed by atoms with Gasteiger partial charge in [-0.05, 0) is 17.5 Å². The number of benzene rings is 2. The Kier molecular flexibility index (Phi) is 6.55. The summed E-state index contributed by atoms with van der Waals surface area (Å²) >= 11 is 0. The van der Waals surface area contributed by atoms with Crippen molar-refractivity contribution in [2.45, 2.75) is 32.4 Å². The predicted octanol–water partition coefficient (Wildman–Crippen LogP) is 3.30. The Hall–Kier alpha value is -2.62. The van der Waals surface area contributed by atoms with Crippen molar-refractivity contribution in [2.75, 3.05) is 7.05 Å². The summed E-state index contributed by atoms with van der Waals surface area (Å²) in [5.41, 5.74) is 1.82. The van der Waals surface area contributed by atoms with Gasteiger partial charge in [-0.1, -0.05) is 67.6 Å². The van der Waals surface area contributed by atoms with E-state index in [1.807, 2.05) is 67.6 Å². The maximum atomic E-state index is 12.7. The molecule has 0 aromatic heterocycles. The number of nitrogens with one attached hydrogen (secondary N) is 1. The molecule has 0 fully saturated rings. The lowest BCUT2D eigenvalue weighted by molar-refractivity contribution is -0.141. The van der Waals surface area contributed by atoms with E-state index in [0.29, 0.717) is 13.0 Å². The number of hydrogen-bond acceptors (Lipinski definition) is 2. The van der Waals surface area contributed by atoms with E-state index in [1.54, 1.807) is 11.9 Å². The molecule has 0 radical (unpaired) electrons. The highest BCUT2D eigenvalue weighted by atomic mass is 16.2. The highest BCUT2D eigenvalue weighted by molar-refractivity contribution is 5.88. The second-order valence-corrected chi connectivity index (χ2v) is 5.68. The number of rotatable bonds is 7. The van der Waals surface area contributed by atoms with Gasteiger partial charge in [0.2, 0.25) is 11.8 Å². The SMILES string of the molecule is CCCC(=O)N(Cc1ccccc1)C(C(=O)NC)c1ccccc1. The summed E-state index contributed by atoms with van der Waals surface area (Å²) in [7, 11) is 1.60. The second kappa shape index (κ2) is 8.87. The maximum absolute atomic E-state index is 12.7. The zero-order valence-electron chi connectivity index (χ0n) is 14.2. The fourth-order valence-corrected chi connectivity index (χ4v) is 2.71. The van der Waals surface area contributed by atoms with Gasteiger partial charge < -0.3 is 10.2 Å². The van der Waals surface area contributed by atoms with Gasteiger partial charge in [0.25, 0.3) is 0 Å². The molecule has 2 rings (SSSR count). The first-order valence-corrected chi connectivity index (χ1v) is 8.27. The van der Waals surface area contributed by atoms with Crippen LogP contribution in [0.25, 0.3) is 0 Å². The number of nitrogens with zero attached hydrogens (tertiary/aromatic N) is 1. The minimum absolute atomic E-state index is 0.0150. The van der Waals surface area contributed by atoms with Crippen LogP contribution in [0, 0.1) is 0 Å². The van der Waals surface area contributed by atoms with Crippen molar-refractivity contribution in [3.63, 3.8) is 0 Å². The Morgan fingerprint density at radius 2 is 1.58 bits per heavy atom. The van der Waals surface area contributed by atoms with Crippen LogP contribution in [0.3, 0.4) is 0 Å². The Morgan fingerprint density at radius 3 is 2.12 bits per heavy atom. The number of hydrogen-bond donors (Lipinski definition) is 1. The molecule has 2 aromatic rings. The first-order chi connectivity index (χ1) is 11.7. The molecule has 1 N–H and O–H groups in total. The molecular weight excluding hydrogens is 300 g/mol. The number of carbonyl (C=O) groups is 2. The largest absolute Gasteiger partial charge is 0.357 e. The summed E-state index contributed by atoms with van der Waals surface area (Å²) in [6.45, 7) is 2.38. The van der Waals surface area contributed by atoms with Crippen molar-refractivity contribution in [3.8, 4) is 0 Å². The Balaban J connectivity index is 2.40. The standard InChI is InChI=1S/C20H24N2O2/c1-3-10-18(23)22(15-16-11-6-4-7-12-16)19(20(24)21-2)17-13-8-5-9-14-17/h4-9,11-14,19H,3,10,15H2,1-2H3,(H,21,24). The zero-order valence-corrected chi connectivity index (χ0v) is 14.2. The molecule has 0 aliphatic heterocycles. The van der Waals surface area contributed by atoms with Crippen molar-refractivity contribution >= 4 is 11.8 Å². The van der Waals surface area contributed by atoms with E-state index < -0.39 is 6.04 Å². The first kappa shape index (κ1) is 17.7. The highest BCUT2D eigenvalue weighted by Gasteiger charge is 2.30. The molecular formula is C20H24N2O2. The lowest BCUT2D eigenvalue weighted by Gasteiger charge is -2.31. The summed E-state index contributed by atoms with van der Waals surface area (Å²) < 4.78 is 0. The number of likely N-dealkylation sites (N-methyl/N-ethyl adjacent to an activating group) is 1. The molecule has 2 amide bonds. The summed E-state index contributed by atoms with van der Waals surface area (Å²) in [5.74, 6) is -0.194. The van der Waals surface area contributed by atoms with Gasteiger partial charge >= 0.3 is 0 Å². The van der Waals surface area contributed by atoms with E-state index >= 15 is 0 Å². The molecule has 0 heterocycles. The molecule has 0 saturated carbocycles. The molecule has 0 spiro atoms. The fraction of sp³-hybridized carbons (Fsp3) is 0.300. The van der Waals surface area contributed by atoms with Crippen LogP contribution in [0.4, 0.5) is 0 Å². The average Bonchev–Trinajstić information content (AvgIpc) is 2.63. The third kappa shape index (κ3) is 4.44. The highest BCUT2D eigenvalue weighted by Crippen LogP contribution is 2.24. The third-order valence-electron chi connectivity index (χ3n) is 3.90. The summed E-state index contributed by atoms with van der Waals surface area (Å²) in [4.78, 5) is 27.0. The predicted molar refractivity (Wildman–Crippen MR) is 95.1 cm³/mol. The van der Waals surface area contributed by atoms with Gasteiger partial charge in [0.1, 0.15) is 6.04 Å². The van der Waals surface area contributed by atoms with Crippen LogP contribution in [-0.2, 0) is 16.1 Å². The average molecular weight is 324 g/mol. The Labute approximate surface area is 143 Å². The lowest BCUT2D eigenvalue weighted by atomic mass is 10.0. The normalized spacial score (nSPS) is 11.6. The maximum Gasteiger partial charge on any atom is 0.247 e. The van der Waals surface area contributed by atoms with Crippen LogP contribution in [0.5, 0.6) is 0 Å². The van der Waals surface area contributed by atoms with E-state index in [2.05, 4.69) is 5.32 Å². The molecule has 24 heavy (non-hydrogen) atoms. The smallest absolute Gasteiger partial charge is 0.247 e.